The lowest BCUT2D eigenvalue weighted by Gasteiger charge is -2.32. The fourth-order valence-corrected chi connectivity index (χ4v) is 3.61. The van der Waals surface area contributed by atoms with Crippen LogP contribution in [0.5, 0.6) is 0 Å². The minimum atomic E-state index is -0.478. The fraction of sp³-hybridized carbons (Fsp3) is 0.625. The Kier molecular flexibility index (Phi) is 5.56. The molecule has 0 spiro atoms. The van der Waals surface area contributed by atoms with Gasteiger partial charge in [0.2, 0.25) is 0 Å². The Morgan fingerprint density at radius 2 is 1.89 bits per heavy atom. The Labute approximate surface area is 125 Å². The van der Waals surface area contributed by atoms with E-state index >= 15 is 0 Å². The number of halogens is 2. The number of benzene rings is 1. The van der Waals surface area contributed by atoms with E-state index in [9.17, 15) is 5.11 Å². The van der Waals surface area contributed by atoms with Gasteiger partial charge in [-0.1, -0.05) is 55.8 Å². The second-order valence-electron chi connectivity index (χ2n) is 5.68. The molecular weight excluding hydrogens is 279 g/mol. The van der Waals surface area contributed by atoms with E-state index in [1.54, 1.807) is 18.2 Å². The SMILES string of the molecule is CCCC1CCC(C(O)c2cc(Cl)ccc2Cl)CC1. The van der Waals surface area contributed by atoms with Crippen LogP contribution in [-0.4, -0.2) is 5.11 Å². The van der Waals surface area contributed by atoms with Gasteiger partial charge in [0.05, 0.1) is 6.10 Å². The van der Waals surface area contributed by atoms with Crippen molar-refractivity contribution in [2.45, 2.75) is 51.6 Å². The zero-order valence-corrected chi connectivity index (χ0v) is 12.9. The van der Waals surface area contributed by atoms with E-state index in [0.717, 1.165) is 24.3 Å². The standard InChI is InChI=1S/C16H22Cl2O/c1-2-3-11-4-6-12(7-5-11)16(19)14-10-13(17)8-9-15(14)18/h8-12,16,19H,2-7H2,1H3. The molecule has 1 aromatic rings. The Bertz CT molecular complexity index is 411. The van der Waals surface area contributed by atoms with Crippen molar-refractivity contribution in [3.63, 3.8) is 0 Å². The molecule has 1 nitrogen and oxygen atoms in total. The first-order valence-corrected chi connectivity index (χ1v) is 8.00. The van der Waals surface area contributed by atoms with Gasteiger partial charge < -0.3 is 5.11 Å². The van der Waals surface area contributed by atoms with Crippen LogP contribution in [0, 0.1) is 11.8 Å². The molecule has 0 aromatic heterocycles. The van der Waals surface area contributed by atoms with E-state index in [1.807, 2.05) is 0 Å². The molecule has 1 saturated carbocycles. The zero-order valence-electron chi connectivity index (χ0n) is 11.4. The maximum atomic E-state index is 10.5. The molecule has 0 bridgehead atoms. The maximum Gasteiger partial charge on any atom is 0.0833 e. The molecule has 0 radical (unpaired) electrons. The lowest BCUT2D eigenvalue weighted by atomic mass is 9.76. The summed E-state index contributed by atoms with van der Waals surface area (Å²) in [7, 11) is 0. The lowest BCUT2D eigenvalue weighted by molar-refractivity contribution is 0.0723. The first-order chi connectivity index (χ1) is 9.11. The Hall–Kier alpha value is -0.240. The summed E-state index contributed by atoms with van der Waals surface area (Å²) in [6.07, 6.45) is 6.75. The monoisotopic (exact) mass is 300 g/mol. The van der Waals surface area contributed by atoms with Crippen LogP contribution < -0.4 is 0 Å². The smallest absolute Gasteiger partial charge is 0.0833 e. The molecule has 1 atom stereocenters. The van der Waals surface area contributed by atoms with Crippen molar-refractivity contribution >= 4 is 23.2 Å². The summed E-state index contributed by atoms with van der Waals surface area (Å²) in [5, 5.41) is 11.8. The molecule has 1 aliphatic carbocycles. The predicted octanol–water partition coefficient (Wildman–Crippen LogP) is 5.63. The van der Waals surface area contributed by atoms with Crippen LogP contribution in [0.4, 0.5) is 0 Å². The molecule has 1 fully saturated rings. The molecule has 1 aromatic carbocycles. The quantitative estimate of drug-likeness (QED) is 0.763. The van der Waals surface area contributed by atoms with E-state index in [4.69, 9.17) is 23.2 Å². The van der Waals surface area contributed by atoms with E-state index < -0.39 is 6.10 Å². The average molecular weight is 301 g/mol. The zero-order chi connectivity index (χ0) is 13.8. The van der Waals surface area contributed by atoms with Crippen molar-refractivity contribution in [2.75, 3.05) is 0 Å². The molecule has 2 rings (SSSR count). The van der Waals surface area contributed by atoms with Crippen LogP contribution >= 0.6 is 23.2 Å². The maximum absolute atomic E-state index is 10.5. The van der Waals surface area contributed by atoms with Gasteiger partial charge in [0.1, 0.15) is 0 Å². The third kappa shape index (κ3) is 3.87. The summed E-state index contributed by atoms with van der Waals surface area (Å²) in [6.45, 7) is 2.24. The summed E-state index contributed by atoms with van der Waals surface area (Å²) in [4.78, 5) is 0. The van der Waals surface area contributed by atoms with Gasteiger partial charge in [-0.2, -0.15) is 0 Å². The van der Waals surface area contributed by atoms with Gasteiger partial charge in [0.25, 0.3) is 0 Å². The molecular formula is C16H22Cl2O. The molecule has 0 amide bonds. The molecule has 19 heavy (non-hydrogen) atoms. The van der Waals surface area contributed by atoms with E-state index in [-0.39, 0.29) is 0 Å². The predicted molar refractivity (Wildman–Crippen MR) is 81.8 cm³/mol. The summed E-state index contributed by atoms with van der Waals surface area (Å²) in [6, 6.07) is 5.33. The van der Waals surface area contributed by atoms with Crippen molar-refractivity contribution < 1.29 is 5.11 Å². The highest BCUT2D eigenvalue weighted by molar-refractivity contribution is 6.33. The lowest BCUT2D eigenvalue weighted by Crippen LogP contribution is -2.20. The fourth-order valence-electron chi connectivity index (χ4n) is 3.20. The Morgan fingerprint density at radius 1 is 1.21 bits per heavy atom. The van der Waals surface area contributed by atoms with Gasteiger partial charge in [-0.3, -0.25) is 0 Å². The van der Waals surface area contributed by atoms with E-state index in [2.05, 4.69) is 6.92 Å². The molecule has 0 saturated heterocycles. The Balaban J connectivity index is 2.01. The van der Waals surface area contributed by atoms with Gasteiger partial charge >= 0.3 is 0 Å². The van der Waals surface area contributed by atoms with Crippen molar-refractivity contribution in [3.05, 3.63) is 33.8 Å². The molecule has 1 aliphatic rings. The largest absolute Gasteiger partial charge is 0.388 e. The number of hydrogen-bond donors (Lipinski definition) is 1. The van der Waals surface area contributed by atoms with Crippen molar-refractivity contribution in [3.8, 4) is 0 Å². The highest BCUT2D eigenvalue weighted by Gasteiger charge is 2.28. The van der Waals surface area contributed by atoms with Gasteiger partial charge in [0.15, 0.2) is 0 Å². The number of hydrogen-bond acceptors (Lipinski definition) is 1. The number of aliphatic hydroxyl groups excluding tert-OH is 1. The molecule has 1 unspecified atom stereocenters. The van der Waals surface area contributed by atoms with Gasteiger partial charge in [-0.05, 0) is 42.9 Å². The van der Waals surface area contributed by atoms with Crippen LogP contribution in [0.3, 0.4) is 0 Å². The molecule has 3 heteroatoms. The van der Waals surface area contributed by atoms with Crippen molar-refractivity contribution in [1.29, 1.82) is 0 Å². The van der Waals surface area contributed by atoms with Crippen LogP contribution in [-0.2, 0) is 0 Å². The Morgan fingerprint density at radius 3 is 2.53 bits per heavy atom. The average Bonchev–Trinajstić information content (AvgIpc) is 2.42. The second kappa shape index (κ2) is 6.97. The minimum Gasteiger partial charge on any atom is -0.388 e. The normalized spacial score (nSPS) is 25.3. The van der Waals surface area contributed by atoms with E-state index in [1.165, 1.54) is 25.7 Å². The van der Waals surface area contributed by atoms with Gasteiger partial charge in [-0.25, -0.2) is 0 Å². The third-order valence-corrected chi connectivity index (χ3v) is 4.89. The molecule has 1 N–H and O–H groups in total. The summed E-state index contributed by atoms with van der Waals surface area (Å²) >= 11 is 12.2. The third-order valence-electron chi connectivity index (χ3n) is 4.31. The summed E-state index contributed by atoms with van der Waals surface area (Å²) in [5.41, 5.74) is 0.785. The van der Waals surface area contributed by atoms with Gasteiger partial charge in [-0.15, -0.1) is 0 Å². The minimum absolute atomic E-state index is 0.323. The van der Waals surface area contributed by atoms with Crippen molar-refractivity contribution in [2.24, 2.45) is 11.8 Å². The molecule has 0 aliphatic heterocycles. The van der Waals surface area contributed by atoms with Crippen LogP contribution in [0.2, 0.25) is 10.0 Å². The van der Waals surface area contributed by atoms with Crippen LogP contribution in [0.15, 0.2) is 18.2 Å². The van der Waals surface area contributed by atoms with Crippen LogP contribution in [0.25, 0.3) is 0 Å². The highest BCUT2D eigenvalue weighted by atomic mass is 35.5. The summed E-state index contributed by atoms with van der Waals surface area (Å²) in [5.74, 6) is 1.17. The topological polar surface area (TPSA) is 20.2 Å². The first kappa shape index (κ1) is 15.2. The highest BCUT2D eigenvalue weighted by Crippen LogP contribution is 2.40. The summed E-state index contributed by atoms with van der Waals surface area (Å²) < 4.78 is 0. The number of aliphatic hydroxyl groups is 1. The number of rotatable bonds is 4. The molecule has 106 valence electrons. The van der Waals surface area contributed by atoms with Crippen molar-refractivity contribution in [1.82, 2.24) is 0 Å². The second-order valence-corrected chi connectivity index (χ2v) is 6.52. The van der Waals surface area contributed by atoms with E-state index in [0.29, 0.717) is 16.0 Å². The van der Waals surface area contributed by atoms with Gasteiger partial charge in [0, 0.05) is 15.6 Å². The molecule has 0 heterocycles. The first-order valence-electron chi connectivity index (χ1n) is 7.24. The van der Waals surface area contributed by atoms with Crippen LogP contribution in [0.1, 0.15) is 57.1 Å².